The van der Waals surface area contributed by atoms with Crippen molar-refractivity contribution in [1.29, 1.82) is 0 Å². The number of hydrogen-bond acceptors (Lipinski definition) is 7. The maximum absolute atomic E-state index is 14.9. The van der Waals surface area contributed by atoms with Crippen LogP contribution in [0.2, 0.25) is 0 Å². The number of pyridine rings is 1. The first-order valence-electron chi connectivity index (χ1n) is 9.46. The molecule has 1 atom stereocenters. The van der Waals surface area contributed by atoms with Crippen LogP contribution >= 0.6 is 0 Å². The number of rotatable bonds is 4. The van der Waals surface area contributed by atoms with Gasteiger partial charge in [-0.15, -0.1) is 0 Å². The molecular formula is C21H20FN5O3. The number of nitrogen functional groups attached to an aromatic ring is 1. The van der Waals surface area contributed by atoms with Crippen LogP contribution in [0.25, 0.3) is 22.4 Å². The highest BCUT2D eigenvalue weighted by Crippen LogP contribution is 2.33. The molecule has 1 amide bonds. The smallest absolute Gasteiger partial charge is 0.280 e. The van der Waals surface area contributed by atoms with Gasteiger partial charge in [0.15, 0.2) is 0 Å². The zero-order valence-corrected chi connectivity index (χ0v) is 16.2. The van der Waals surface area contributed by atoms with E-state index in [-0.39, 0.29) is 18.7 Å². The summed E-state index contributed by atoms with van der Waals surface area (Å²) in [4.78, 5) is 30.4. The standard InChI is InChI=1S/C21H20FN5O3/c1-2-17-19(13-4-6-18(23)24-8-13)20(26-11-25-17)12-3-5-15(16(22)7-12)21(29)27-9-14(28)10-30-27/h3-8,11,14,28H,2,9-10H2,1H3,(H2,23,24). The molecule has 3 aromatic rings. The highest BCUT2D eigenvalue weighted by atomic mass is 19.1. The number of benzene rings is 1. The number of aliphatic hydroxyl groups excluding tert-OH is 1. The lowest BCUT2D eigenvalue weighted by Gasteiger charge is -2.16. The molecule has 0 bridgehead atoms. The van der Waals surface area contributed by atoms with Crippen molar-refractivity contribution in [3.8, 4) is 22.4 Å². The summed E-state index contributed by atoms with van der Waals surface area (Å²) in [5.74, 6) is -0.964. The lowest BCUT2D eigenvalue weighted by Crippen LogP contribution is -2.29. The molecule has 1 unspecified atom stereocenters. The molecule has 1 aliphatic rings. The van der Waals surface area contributed by atoms with Crippen LogP contribution in [0, 0.1) is 5.82 Å². The zero-order valence-electron chi connectivity index (χ0n) is 16.2. The molecule has 8 nitrogen and oxygen atoms in total. The van der Waals surface area contributed by atoms with E-state index < -0.39 is 17.8 Å². The van der Waals surface area contributed by atoms with E-state index in [1.807, 2.05) is 13.0 Å². The molecule has 3 heterocycles. The summed E-state index contributed by atoms with van der Waals surface area (Å²) in [6.07, 6.45) is 2.92. The molecule has 2 aromatic heterocycles. The first-order chi connectivity index (χ1) is 14.5. The van der Waals surface area contributed by atoms with Gasteiger partial charge in [-0.05, 0) is 30.7 Å². The summed E-state index contributed by atoms with van der Waals surface area (Å²) in [5.41, 5.74) is 8.85. The average molecular weight is 409 g/mol. The molecule has 9 heteroatoms. The molecule has 1 aliphatic heterocycles. The van der Waals surface area contributed by atoms with Crippen LogP contribution in [0.5, 0.6) is 0 Å². The van der Waals surface area contributed by atoms with Gasteiger partial charge in [0, 0.05) is 22.9 Å². The lowest BCUT2D eigenvalue weighted by atomic mass is 9.97. The fourth-order valence-corrected chi connectivity index (χ4v) is 3.35. The molecular weight excluding hydrogens is 389 g/mol. The second-order valence-corrected chi connectivity index (χ2v) is 6.88. The number of anilines is 1. The summed E-state index contributed by atoms with van der Waals surface area (Å²) in [6, 6.07) is 7.76. The van der Waals surface area contributed by atoms with Gasteiger partial charge >= 0.3 is 0 Å². The SMILES string of the molecule is CCc1ncnc(-c2ccc(C(=O)N3CC(O)CO3)c(F)c2)c1-c1ccc(N)nc1. The molecule has 30 heavy (non-hydrogen) atoms. The Morgan fingerprint density at radius 3 is 2.70 bits per heavy atom. The second kappa shape index (κ2) is 8.13. The minimum Gasteiger partial charge on any atom is -0.389 e. The van der Waals surface area contributed by atoms with Crippen LogP contribution in [0.15, 0.2) is 42.9 Å². The van der Waals surface area contributed by atoms with Crippen LogP contribution in [0.4, 0.5) is 10.2 Å². The van der Waals surface area contributed by atoms with E-state index in [1.165, 1.54) is 18.5 Å². The van der Waals surface area contributed by atoms with E-state index in [0.717, 1.165) is 21.9 Å². The summed E-state index contributed by atoms with van der Waals surface area (Å²) < 4.78 is 14.9. The van der Waals surface area contributed by atoms with Gasteiger partial charge in [0.1, 0.15) is 30.7 Å². The van der Waals surface area contributed by atoms with Crippen molar-refractivity contribution in [2.45, 2.75) is 19.4 Å². The molecule has 3 N–H and O–H groups in total. The quantitative estimate of drug-likeness (QED) is 0.679. The van der Waals surface area contributed by atoms with E-state index in [9.17, 15) is 14.3 Å². The van der Waals surface area contributed by atoms with Gasteiger partial charge in [-0.25, -0.2) is 24.4 Å². The zero-order chi connectivity index (χ0) is 21.3. The summed E-state index contributed by atoms with van der Waals surface area (Å²) in [6.45, 7) is 1.97. The highest BCUT2D eigenvalue weighted by Gasteiger charge is 2.29. The largest absolute Gasteiger partial charge is 0.389 e. The number of aliphatic hydroxyl groups is 1. The molecule has 4 rings (SSSR count). The molecule has 1 aromatic carbocycles. The summed E-state index contributed by atoms with van der Waals surface area (Å²) >= 11 is 0. The van der Waals surface area contributed by atoms with Gasteiger partial charge in [0.05, 0.1) is 23.5 Å². The third kappa shape index (κ3) is 3.72. The van der Waals surface area contributed by atoms with E-state index in [4.69, 9.17) is 10.6 Å². The maximum atomic E-state index is 14.9. The fraction of sp³-hybridized carbons (Fsp3) is 0.238. The Kier molecular flexibility index (Phi) is 5.39. The third-order valence-corrected chi connectivity index (χ3v) is 4.83. The van der Waals surface area contributed by atoms with Crippen LogP contribution in [0.1, 0.15) is 23.0 Å². The normalized spacial score (nSPS) is 16.1. The Morgan fingerprint density at radius 1 is 1.27 bits per heavy atom. The molecule has 0 radical (unpaired) electrons. The maximum Gasteiger partial charge on any atom is 0.280 e. The predicted octanol–water partition coefficient (Wildman–Crippen LogP) is 2.24. The van der Waals surface area contributed by atoms with Crippen molar-refractivity contribution in [2.24, 2.45) is 0 Å². The highest BCUT2D eigenvalue weighted by molar-refractivity contribution is 5.95. The summed E-state index contributed by atoms with van der Waals surface area (Å²) in [7, 11) is 0. The van der Waals surface area contributed by atoms with Crippen LogP contribution in [-0.2, 0) is 11.3 Å². The number of aryl methyl sites for hydroxylation is 1. The van der Waals surface area contributed by atoms with Crippen molar-refractivity contribution in [3.63, 3.8) is 0 Å². The molecule has 1 fully saturated rings. The molecule has 0 aliphatic carbocycles. The van der Waals surface area contributed by atoms with Crippen molar-refractivity contribution < 1.29 is 19.1 Å². The Morgan fingerprint density at radius 2 is 2.07 bits per heavy atom. The number of hydroxylamine groups is 2. The Bertz CT molecular complexity index is 1090. The van der Waals surface area contributed by atoms with Gasteiger partial charge in [0.25, 0.3) is 5.91 Å². The van der Waals surface area contributed by atoms with Crippen molar-refractivity contribution in [2.75, 3.05) is 18.9 Å². The van der Waals surface area contributed by atoms with E-state index in [2.05, 4.69) is 15.0 Å². The van der Waals surface area contributed by atoms with Gasteiger partial charge in [-0.1, -0.05) is 13.0 Å². The van der Waals surface area contributed by atoms with E-state index >= 15 is 0 Å². The van der Waals surface area contributed by atoms with Crippen LogP contribution in [-0.4, -0.2) is 50.3 Å². The molecule has 0 saturated carbocycles. The number of β-amino-alcohol motifs (C(OH)–C–C–N with tert-alkyl or cyclic N) is 1. The number of nitrogens with two attached hydrogens (primary N) is 1. The Hall–Kier alpha value is -3.43. The topological polar surface area (TPSA) is 114 Å². The lowest BCUT2D eigenvalue weighted by molar-refractivity contribution is -0.0782. The van der Waals surface area contributed by atoms with E-state index in [1.54, 1.807) is 18.3 Å². The Balaban J connectivity index is 1.75. The van der Waals surface area contributed by atoms with Gasteiger partial charge < -0.3 is 10.8 Å². The number of carbonyl (C=O) groups excluding carboxylic acids is 1. The molecule has 1 saturated heterocycles. The van der Waals surface area contributed by atoms with Gasteiger partial charge in [-0.2, -0.15) is 0 Å². The minimum atomic E-state index is -0.777. The minimum absolute atomic E-state index is 0.0000807. The van der Waals surface area contributed by atoms with Gasteiger partial charge in [0.2, 0.25) is 0 Å². The molecule has 0 spiro atoms. The van der Waals surface area contributed by atoms with Crippen LogP contribution < -0.4 is 5.73 Å². The van der Waals surface area contributed by atoms with Crippen molar-refractivity contribution >= 4 is 11.7 Å². The average Bonchev–Trinajstić information content (AvgIpc) is 3.19. The number of amides is 1. The second-order valence-electron chi connectivity index (χ2n) is 6.88. The first-order valence-corrected chi connectivity index (χ1v) is 9.46. The Labute approximate surface area is 172 Å². The number of aromatic nitrogens is 3. The van der Waals surface area contributed by atoms with Crippen LogP contribution in [0.3, 0.4) is 0 Å². The van der Waals surface area contributed by atoms with Crippen molar-refractivity contribution in [1.82, 2.24) is 20.0 Å². The fourth-order valence-electron chi connectivity index (χ4n) is 3.35. The van der Waals surface area contributed by atoms with E-state index in [0.29, 0.717) is 23.5 Å². The molecule has 154 valence electrons. The predicted molar refractivity (Wildman–Crippen MR) is 107 cm³/mol. The van der Waals surface area contributed by atoms with Crippen molar-refractivity contribution in [3.05, 3.63) is 59.9 Å². The number of carbonyl (C=O) groups is 1. The first kappa shape index (κ1) is 19.9. The number of nitrogens with zero attached hydrogens (tertiary/aromatic N) is 4. The third-order valence-electron chi connectivity index (χ3n) is 4.83. The summed E-state index contributed by atoms with van der Waals surface area (Å²) in [5, 5.41) is 10.5. The number of hydrogen-bond donors (Lipinski definition) is 2. The monoisotopic (exact) mass is 409 g/mol. The number of halogens is 1. The van der Waals surface area contributed by atoms with Gasteiger partial charge in [-0.3, -0.25) is 9.63 Å².